The van der Waals surface area contributed by atoms with Crippen molar-refractivity contribution < 1.29 is 0 Å². The van der Waals surface area contributed by atoms with Crippen LogP contribution in [0.15, 0.2) is 36.8 Å². The molecule has 3 aromatic heterocycles. The highest BCUT2D eigenvalue weighted by molar-refractivity contribution is 5.74. The highest BCUT2D eigenvalue weighted by Crippen LogP contribution is 2.26. The van der Waals surface area contributed by atoms with Crippen LogP contribution in [0.1, 0.15) is 11.4 Å². The molecule has 0 aliphatic heterocycles. The smallest absolute Gasteiger partial charge is 0.223 e. The van der Waals surface area contributed by atoms with Gasteiger partial charge < -0.3 is 11.1 Å². The molecule has 7 nitrogen and oxygen atoms in total. The maximum atomic E-state index is 5.71. The molecule has 3 rings (SSSR count). The van der Waals surface area contributed by atoms with Crippen LogP contribution in [0.5, 0.6) is 0 Å². The lowest BCUT2D eigenvalue weighted by atomic mass is 10.2. The lowest BCUT2D eigenvalue weighted by Gasteiger charge is -2.10. The minimum Gasteiger partial charge on any atom is -0.368 e. The van der Waals surface area contributed by atoms with Crippen LogP contribution >= 0.6 is 0 Å². The van der Waals surface area contributed by atoms with Crippen LogP contribution in [0.3, 0.4) is 0 Å². The molecule has 22 heavy (non-hydrogen) atoms. The summed E-state index contributed by atoms with van der Waals surface area (Å²) in [5.74, 6) is 1.88. The van der Waals surface area contributed by atoms with Gasteiger partial charge in [-0.3, -0.25) is 4.98 Å². The van der Waals surface area contributed by atoms with Crippen molar-refractivity contribution in [3.8, 4) is 11.4 Å². The van der Waals surface area contributed by atoms with Crippen LogP contribution in [0.2, 0.25) is 0 Å². The number of hydrogen-bond donors (Lipinski definition) is 2. The molecule has 0 aliphatic rings. The predicted octanol–water partition coefficient (Wildman–Crippen LogP) is 2.27. The molecule has 0 radical (unpaired) electrons. The fourth-order valence-corrected chi connectivity index (χ4v) is 2.07. The van der Waals surface area contributed by atoms with E-state index in [0.29, 0.717) is 17.5 Å². The first kappa shape index (κ1) is 13.9. The maximum absolute atomic E-state index is 5.71. The van der Waals surface area contributed by atoms with Gasteiger partial charge in [0.05, 0.1) is 17.4 Å². The standard InChI is InChI=1S/C15H15N7/c1-9-6-11(8-17-7-9)21-13-12(4-3-5-18-13)14-19-10(2)20-15(16)22-14/h3-8H,1-2H3,(H,18,21)(H2,16,19,20,22). The molecule has 0 spiro atoms. The lowest BCUT2D eigenvalue weighted by Crippen LogP contribution is -2.04. The van der Waals surface area contributed by atoms with Gasteiger partial charge in [-0.25, -0.2) is 9.97 Å². The molecular formula is C15H15N7. The molecular weight excluding hydrogens is 278 g/mol. The average molecular weight is 293 g/mol. The van der Waals surface area contributed by atoms with Crippen molar-refractivity contribution in [2.24, 2.45) is 0 Å². The molecule has 0 saturated heterocycles. The Balaban J connectivity index is 2.03. The molecule has 0 atom stereocenters. The van der Waals surface area contributed by atoms with E-state index < -0.39 is 0 Å². The van der Waals surface area contributed by atoms with E-state index in [-0.39, 0.29) is 5.95 Å². The number of aryl methyl sites for hydroxylation is 2. The van der Waals surface area contributed by atoms with Crippen LogP contribution < -0.4 is 11.1 Å². The van der Waals surface area contributed by atoms with Gasteiger partial charge in [-0.2, -0.15) is 9.97 Å². The second-order valence-electron chi connectivity index (χ2n) is 4.84. The first-order valence-electron chi connectivity index (χ1n) is 6.74. The Bertz CT molecular complexity index is 796. The summed E-state index contributed by atoms with van der Waals surface area (Å²) in [6, 6.07) is 5.69. The first-order valence-corrected chi connectivity index (χ1v) is 6.74. The summed E-state index contributed by atoms with van der Waals surface area (Å²) in [6.07, 6.45) is 5.23. The Morgan fingerprint density at radius 2 is 1.95 bits per heavy atom. The van der Waals surface area contributed by atoms with Crippen molar-refractivity contribution in [2.45, 2.75) is 13.8 Å². The predicted molar refractivity (Wildman–Crippen MR) is 84.5 cm³/mol. The van der Waals surface area contributed by atoms with Gasteiger partial charge in [0.15, 0.2) is 5.82 Å². The summed E-state index contributed by atoms with van der Waals surface area (Å²) in [6.45, 7) is 3.75. The molecule has 0 amide bonds. The molecule has 3 heterocycles. The van der Waals surface area contributed by atoms with E-state index >= 15 is 0 Å². The van der Waals surface area contributed by atoms with E-state index in [1.807, 2.05) is 25.1 Å². The van der Waals surface area contributed by atoms with Crippen LogP contribution in [-0.4, -0.2) is 24.9 Å². The van der Waals surface area contributed by atoms with E-state index in [4.69, 9.17) is 5.73 Å². The third-order valence-corrected chi connectivity index (χ3v) is 2.95. The number of nitrogens with zero attached hydrogens (tertiary/aromatic N) is 5. The van der Waals surface area contributed by atoms with Crippen molar-refractivity contribution in [3.05, 3.63) is 48.2 Å². The zero-order valence-corrected chi connectivity index (χ0v) is 12.3. The molecule has 0 aliphatic carbocycles. The van der Waals surface area contributed by atoms with Gasteiger partial charge in [0.1, 0.15) is 11.6 Å². The third-order valence-electron chi connectivity index (χ3n) is 2.95. The average Bonchev–Trinajstić information content (AvgIpc) is 2.47. The molecule has 3 N–H and O–H groups in total. The zero-order chi connectivity index (χ0) is 15.5. The third kappa shape index (κ3) is 2.98. The van der Waals surface area contributed by atoms with Gasteiger partial charge in [-0.15, -0.1) is 0 Å². The normalized spacial score (nSPS) is 10.5. The highest BCUT2D eigenvalue weighted by Gasteiger charge is 2.11. The summed E-state index contributed by atoms with van der Waals surface area (Å²) in [4.78, 5) is 21.0. The Morgan fingerprint density at radius 3 is 2.73 bits per heavy atom. The topological polar surface area (TPSA) is 102 Å². The Morgan fingerprint density at radius 1 is 1.09 bits per heavy atom. The summed E-state index contributed by atoms with van der Waals surface area (Å²) >= 11 is 0. The molecule has 0 aromatic carbocycles. The van der Waals surface area contributed by atoms with Crippen LogP contribution in [0, 0.1) is 13.8 Å². The van der Waals surface area contributed by atoms with E-state index in [1.165, 1.54) is 0 Å². The number of hydrogen-bond acceptors (Lipinski definition) is 7. The second kappa shape index (κ2) is 5.72. The maximum Gasteiger partial charge on any atom is 0.223 e. The number of pyridine rings is 2. The van der Waals surface area contributed by atoms with Gasteiger partial charge in [0.2, 0.25) is 5.95 Å². The van der Waals surface area contributed by atoms with E-state index in [2.05, 4.69) is 30.2 Å². The summed E-state index contributed by atoms with van der Waals surface area (Å²) < 4.78 is 0. The molecule has 110 valence electrons. The van der Waals surface area contributed by atoms with Crippen LogP contribution in [0.4, 0.5) is 17.5 Å². The monoisotopic (exact) mass is 293 g/mol. The number of rotatable bonds is 3. The van der Waals surface area contributed by atoms with Gasteiger partial charge in [0, 0.05) is 12.4 Å². The molecule has 0 saturated carbocycles. The van der Waals surface area contributed by atoms with Crippen molar-refractivity contribution >= 4 is 17.5 Å². The number of anilines is 3. The second-order valence-corrected chi connectivity index (χ2v) is 4.84. The summed E-state index contributed by atoms with van der Waals surface area (Å²) in [5.41, 5.74) is 8.36. The molecule has 7 heteroatoms. The van der Waals surface area contributed by atoms with Gasteiger partial charge >= 0.3 is 0 Å². The fraction of sp³-hybridized carbons (Fsp3) is 0.133. The SMILES string of the molecule is Cc1cncc(Nc2ncccc2-c2nc(C)nc(N)n2)c1. The van der Waals surface area contributed by atoms with Crippen molar-refractivity contribution in [1.82, 2.24) is 24.9 Å². The Kier molecular flexibility index (Phi) is 3.61. The Labute approximate surface area is 127 Å². The number of nitrogens with two attached hydrogens (primary N) is 1. The van der Waals surface area contributed by atoms with Crippen molar-refractivity contribution in [2.75, 3.05) is 11.1 Å². The lowest BCUT2D eigenvalue weighted by molar-refractivity contribution is 0.995. The zero-order valence-electron chi connectivity index (χ0n) is 12.3. The molecule has 0 unspecified atom stereocenters. The Hall–Kier alpha value is -3.09. The van der Waals surface area contributed by atoms with Gasteiger partial charge in [0.25, 0.3) is 0 Å². The molecule has 0 bridgehead atoms. The van der Waals surface area contributed by atoms with E-state index in [1.54, 1.807) is 25.5 Å². The van der Waals surface area contributed by atoms with Gasteiger partial charge in [-0.05, 0) is 37.6 Å². The highest BCUT2D eigenvalue weighted by atomic mass is 15.1. The van der Waals surface area contributed by atoms with Crippen molar-refractivity contribution in [1.29, 1.82) is 0 Å². The van der Waals surface area contributed by atoms with Gasteiger partial charge in [-0.1, -0.05) is 0 Å². The number of aromatic nitrogens is 5. The molecule has 3 aromatic rings. The largest absolute Gasteiger partial charge is 0.368 e. The minimum absolute atomic E-state index is 0.189. The van der Waals surface area contributed by atoms with E-state index in [9.17, 15) is 0 Å². The number of nitrogen functional groups attached to an aromatic ring is 1. The number of nitrogens with one attached hydrogen (secondary N) is 1. The van der Waals surface area contributed by atoms with E-state index in [0.717, 1.165) is 16.8 Å². The summed E-state index contributed by atoms with van der Waals surface area (Å²) in [7, 11) is 0. The quantitative estimate of drug-likeness (QED) is 0.763. The summed E-state index contributed by atoms with van der Waals surface area (Å²) in [5, 5.41) is 3.24. The first-order chi connectivity index (χ1) is 10.6. The van der Waals surface area contributed by atoms with Crippen LogP contribution in [-0.2, 0) is 0 Å². The van der Waals surface area contributed by atoms with Crippen LogP contribution in [0.25, 0.3) is 11.4 Å². The fourth-order valence-electron chi connectivity index (χ4n) is 2.07. The molecule has 0 fully saturated rings. The van der Waals surface area contributed by atoms with Crippen molar-refractivity contribution in [3.63, 3.8) is 0 Å². The minimum atomic E-state index is 0.189.